The molecule has 0 aliphatic rings. The minimum atomic E-state index is 0.774. The van der Waals surface area contributed by atoms with Crippen LogP contribution in [-0.2, 0) is 0 Å². The van der Waals surface area contributed by atoms with Gasteiger partial charge in [0, 0.05) is 15.6 Å². The molecule has 0 aliphatic carbocycles. The molecule has 0 saturated carbocycles. The van der Waals surface area contributed by atoms with Crippen LogP contribution in [-0.4, -0.2) is 12.3 Å². The number of nitrogens with zero attached hydrogens (tertiary/aromatic N) is 1. The molecule has 0 N–H and O–H groups in total. The van der Waals surface area contributed by atoms with Crippen molar-refractivity contribution in [3.05, 3.63) is 56.6 Å². The van der Waals surface area contributed by atoms with E-state index in [1.165, 1.54) is 0 Å². The van der Waals surface area contributed by atoms with Crippen LogP contribution in [0.4, 0.5) is 0 Å². The molecule has 0 bridgehead atoms. The lowest BCUT2D eigenvalue weighted by Crippen LogP contribution is -1.84. The predicted molar refractivity (Wildman–Crippen MR) is 94.3 cm³/mol. The quantitative estimate of drug-likeness (QED) is 0.497. The molecule has 2 aromatic carbocycles. The van der Waals surface area contributed by atoms with Gasteiger partial charge in [-0.1, -0.05) is 33.2 Å². The van der Waals surface area contributed by atoms with E-state index >= 15 is 0 Å². The summed E-state index contributed by atoms with van der Waals surface area (Å²) >= 11 is 5.71. The average Bonchev–Trinajstić information content (AvgIpc) is 2.90. The normalized spacial score (nSPS) is 10.6. The molecule has 0 spiro atoms. The van der Waals surface area contributed by atoms with E-state index in [1.54, 1.807) is 7.11 Å². The van der Waals surface area contributed by atoms with Gasteiger partial charge in [0.15, 0.2) is 5.76 Å². The molecule has 0 saturated heterocycles. The molecule has 3 rings (SSSR count). The number of halogens is 2. The fraction of sp³-hybridized carbons (Fsp3) is 0.0625. The maximum Gasteiger partial charge on any atom is 0.180 e. The van der Waals surface area contributed by atoms with Crippen LogP contribution in [0, 0.1) is 3.57 Å². The summed E-state index contributed by atoms with van der Waals surface area (Å²) in [5.74, 6) is 1.59. The Balaban J connectivity index is 2.00. The number of rotatable bonds is 3. The van der Waals surface area contributed by atoms with Crippen molar-refractivity contribution in [3.8, 4) is 28.3 Å². The Morgan fingerprint density at radius 3 is 2.24 bits per heavy atom. The number of hydrogen-bond donors (Lipinski definition) is 0. The lowest BCUT2D eigenvalue weighted by atomic mass is 10.1. The van der Waals surface area contributed by atoms with Crippen LogP contribution in [0.2, 0.25) is 0 Å². The largest absolute Gasteiger partial charge is 0.497 e. The molecule has 5 heteroatoms. The van der Waals surface area contributed by atoms with Crippen LogP contribution in [0.1, 0.15) is 0 Å². The molecule has 1 heterocycles. The van der Waals surface area contributed by atoms with Crippen molar-refractivity contribution in [1.29, 1.82) is 0 Å². The van der Waals surface area contributed by atoms with E-state index in [-0.39, 0.29) is 0 Å². The zero-order chi connectivity index (χ0) is 14.8. The second-order valence-corrected chi connectivity index (χ2v) is 6.40. The van der Waals surface area contributed by atoms with Crippen LogP contribution in [0.15, 0.2) is 57.5 Å². The monoisotopic (exact) mass is 455 g/mol. The van der Waals surface area contributed by atoms with Gasteiger partial charge in [-0.05, 0) is 59.0 Å². The molecule has 3 aromatic rings. The van der Waals surface area contributed by atoms with Crippen LogP contribution in [0.3, 0.4) is 0 Å². The fourth-order valence-corrected chi connectivity index (χ4v) is 3.07. The smallest absolute Gasteiger partial charge is 0.180 e. The fourth-order valence-electron chi connectivity index (χ4n) is 1.99. The summed E-state index contributed by atoms with van der Waals surface area (Å²) in [4.78, 5) is 0. The summed E-state index contributed by atoms with van der Waals surface area (Å²) in [6.07, 6.45) is 0. The zero-order valence-electron chi connectivity index (χ0n) is 11.1. The van der Waals surface area contributed by atoms with Crippen molar-refractivity contribution >= 4 is 38.5 Å². The van der Waals surface area contributed by atoms with E-state index in [0.717, 1.165) is 36.4 Å². The van der Waals surface area contributed by atoms with Crippen LogP contribution in [0.5, 0.6) is 5.75 Å². The Morgan fingerprint density at radius 1 is 1.00 bits per heavy atom. The van der Waals surface area contributed by atoms with Gasteiger partial charge in [-0.25, -0.2) is 0 Å². The van der Waals surface area contributed by atoms with E-state index < -0.39 is 0 Å². The maximum atomic E-state index is 5.53. The number of benzene rings is 2. The standard InChI is InChI=1S/C16H11BrINO2/c1-20-13-8-4-11(5-9-13)16-14(18)15(19-21-16)10-2-6-12(17)7-3-10/h2-9H,1H3. The second kappa shape index (κ2) is 6.19. The summed E-state index contributed by atoms with van der Waals surface area (Å²) < 4.78 is 12.7. The summed E-state index contributed by atoms with van der Waals surface area (Å²) in [6.45, 7) is 0. The summed E-state index contributed by atoms with van der Waals surface area (Å²) in [6, 6.07) is 15.8. The molecular formula is C16H11BrINO2. The Morgan fingerprint density at radius 2 is 1.62 bits per heavy atom. The molecule has 0 aliphatic heterocycles. The molecule has 21 heavy (non-hydrogen) atoms. The van der Waals surface area contributed by atoms with Gasteiger partial charge in [0.25, 0.3) is 0 Å². The van der Waals surface area contributed by atoms with E-state index in [4.69, 9.17) is 9.26 Å². The number of aromatic nitrogens is 1. The molecule has 3 nitrogen and oxygen atoms in total. The molecule has 0 unspecified atom stereocenters. The lowest BCUT2D eigenvalue weighted by molar-refractivity contribution is 0.414. The lowest BCUT2D eigenvalue weighted by Gasteiger charge is -2.01. The number of ether oxygens (including phenoxy) is 1. The van der Waals surface area contributed by atoms with Gasteiger partial charge < -0.3 is 9.26 Å². The van der Waals surface area contributed by atoms with Gasteiger partial charge in [0.2, 0.25) is 0 Å². The third-order valence-corrected chi connectivity index (χ3v) is 4.63. The van der Waals surface area contributed by atoms with Crippen LogP contribution < -0.4 is 4.74 Å². The van der Waals surface area contributed by atoms with Gasteiger partial charge >= 0.3 is 0 Å². The summed E-state index contributed by atoms with van der Waals surface area (Å²) in [5, 5.41) is 4.21. The van der Waals surface area contributed by atoms with E-state index in [0.29, 0.717) is 0 Å². The van der Waals surface area contributed by atoms with E-state index in [9.17, 15) is 0 Å². The first kappa shape index (κ1) is 14.6. The predicted octanol–water partition coefficient (Wildman–Crippen LogP) is 5.38. The topological polar surface area (TPSA) is 35.3 Å². The van der Waals surface area contributed by atoms with Gasteiger partial charge in [0.05, 0.1) is 10.7 Å². The van der Waals surface area contributed by atoms with Crippen LogP contribution >= 0.6 is 38.5 Å². The first-order valence-electron chi connectivity index (χ1n) is 6.24. The minimum Gasteiger partial charge on any atom is -0.497 e. The molecule has 0 amide bonds. The van der Waals surface area contributed by atoms with Crippen molar-refractivity contribution in [3.63, 3.8) is 0 Å². The first-order valence-corrected chi connectivity index (χ1v) is 8.12. The van der Waals surface area contributed by atoms with Crippen molar-refractivity contribution < 1.29 is 9.26 Å². The molecular weight excluding hydrogens is 445 g/mol. The van der Waals surface area contributed by atoms with Gasteiger partial charge in [-0.2, -0.15) is 0 Å². The van der Waals surface area contributed by atoms with Gasteiger partial charge in [-0.3, -0.25) is 0 Å². The Bertz CT molecular complexity index is 751. The highest BCUT2D eigenvalue weighted by Crippen LogP contribution is 2.34. The van der Waals surface area contributed by atoms with Crippen molar-refractivity contribution in [2.75, 3.05) is 7.11 Å². The highest BCUT2D eigenvalue weighted by Gasteiger charge is 2.16. The second-order valence-electron chi connectivity index (χ2n) is 4.41. The maximum absolute atomic E-state index is 5.53. The SMILES string of the molecule is COc1ccc(-c2onc(-c3ccc(Br)cc3)c2I)cc1. The Labute approximate surface area is 144 Å². The van der Waals surface area contributed by atoms with Crippen LogP contribution in [0.25, 0.3) is 22.6 Å². The minimum absolute atomic E-state index is 0.774. The molecule has 106 valence electrons. The van der Waals surface area contributed by atoms with Gasteiger partial charge in [0.1, 0.15) is 11.4 Å². The van der Waals surface area contributed by atoms with Crippen molar-refractivity contribution in [1.82, 2.24) is 5.16 Å². The average molecular weight is 456 g/mol. The first-order chi connectivity index (χ1) is 10.2. The van der Waals surface area contributed by atoms with E-state index in [2.05, 4.69) is 43.7 Å². The Kier molecular flexibility index (Phi) is 4.30. The molecule has 0 fully saturated rings. The Hall–Kier alpha value is -1.34. The summed E-state index contributed by atoms with van der Waals surface area (Å²) in [7, 11) is 1.65. The molecule has 1 aromatic heterocycles. The van der Waals surface area contributed by atoms with Crippen molar-refractivity contribution in [2.45, 2.75) is 0 Å². The zero-order valence-corrected chi connectivity index (χ0v) is 14.9. The third kappa shape index (κ3) is 2.98. The highest BCUT2D eigenvalue weighted by molar-refractivity contribution is 14.1. The van der Waals surface area contributed by atoms with E-state index in [1.807, 2.05) is 48.5 Å². The summed E-state index contributed by atoms with van der Waals surface area (Å²) in [5.41, 5.74) is 2.87. The third-order valence-electron chi connectivity index (χ3n) is 3.11. The van der Waals surface area contributed by atoms with Gasteiger partial charge in [-0.15, -0.1) is 0 Å². The van der Waals surface area contributed by atoms with Crippen molar-refractivity contribution in [2.24, 2.45) is 0 Å². The number of hydrogen-bond acceptors (Lipinski definition) is 3. The highest BCUT2D eigenvalue weighted by atomic mass is 127. The number of methoxy groups -OCH3 is 1. The molecule has 0 radical (unpaired) electrons. The molecule has 0 atom stereocenters.